The van der Waals surface area contributed by atoms with Gasteiger partial charge in [-0.15, -0.1) is 0 Å². The van der Waals surface area contributed by atoms with Gasteiger partial charge in [0.2, 0.25) is 10.0 Å². The molecule has 2 aromatic rings. The minimum Gasteiger partial charge on any atom is -0.497 e. The molecular weight excluding hydrogens is 404 g/mol. The first-order chi connectivity index (χ1) is 14.1. The van der Waals surface area contributed by atoms with Crippen LogP contribution in [-0.2, 0) is 21.2 Å². The molecule has 0 aliphatic carbocycles. The van der Waals surface area contributed by atoms with Crippen molar-refractivity contribution in [1.82, 2.24) is 5.32 Å². The van der Waals surface area contributed by atoms with Crippen molar-refractivity contribution in [2.75, 3.05) is 17.6 Å². The van der Waals surface area contributed by atoms with Gasteiger partial charge in [-0.05, 0) is 63.4 Å². The number of rotatable bonds is 9. The number of sulfonamides is 1. The Bertz CT molecular complexity index is 907. The molecule has 2 aromatic carbocycles. The van der Waals surface area contributed by atoms with Crippen molar-refractivity contribution in [3.8, 4) is 5.75 Å². The highest BCUT2D eigenvalue weighted by Gasteiger charge is 2.24. The average molecular weight is 435 g/mol. The number of aryl methyl sites for hydroxylation is 1. The molecule has 164 valence electrons. The molecule has 0 spiro atoms. The number of nitrogens with one attached hydrogen (secondary N) is 2. The van der Waals surface area contributed by atoms with Crippen LogP contribution in [0.25, 0.3) is 0 Å². The maximum absolute atomic E-state index is 12.7. The van der Waals surface area contributed by atoms with E-state index >= 15 is 0 Å². The summed E-state index contributed by atoms with van der Waals surface area (Å²) >= 11 is 0. The lowest BCUT2D eigenvalue weighted by atomic mass is 10.1. The number of alkyl carbamates (subject to hydrolysis) is 1. The first kappa shape index (κ1) is 23.5. The van der Waals surface area contributed by atoms with E-state index < -0.39 is 27.8 Å². The third-order valence-corrected chi connectivity index (χ3v) is 5.52. The minimum atomic E-state index is -3.71. The molecule has 1 atom stereocenters. The molecule has 1 unspecified atom stereocenters. The lowest BCUT2D eigenvalue weighted by Crippen LogP contribution is -2.43. The summed E-state index contributed by atoms with van der Waals surface area (Å²) in [6.45, 7) is 5.27. The molecule has 30 heavy (non-hydrogen) atoms. The summed E-state index contributed by atoms with van der Waals surface area (Å²) in [6, 6.07) is 15.7. The second-order valence-corrected chi connectivity index (χ2v) is 9.75. The van der Waals surface area contributed by atoms with Crippen LogP contribution in [0.15, 0.2) is 54.6 Å². The number of carbonyl (C=O) groups excluding carboxylic acids is 1. The van der Waals surface area contributed by atoms with Gasteiger partial charge in [-0.3, -0.25) is 4.72 Å². The standard InChI is InChI=1S/C22H30N2O5S/c1-22(2,3)29-21(25)23-19(11-10-17-8-6-5-7-9-17)16-30(26,27)24-18-12-14-20(28-4)15-13-18/h5-9,12-15,19,24H,10-11,16H2,1-4H3,(H,23,25). The van der Waals surface area contributed by atoms with Gasteiger partial charge in [0.1, 0.15) is 11.4 Å². The predicted octanol–water partition coefficient (Wildman–Crippen LogP) is 3.96. The Morgan fingerprint density at radius 2 is 1.67 bits per heavy atom. The van der Waals surface area contributed by atoms with Crippen LogP contribution in [0.3, 0.4) is 0 Å². The Hall–Kier alpha value is -2.74. The fourth-order valence-corrected chi connectivity index (χ4v) is 4.16. The molecule has 1 amide bonds. The van der Waals surface area contributed by atoms with E-state index in [4.69, 9.17) is 9.47 Å². The highest BCUT2D eigenvalue weighted by atomic mass is 32.2. The van der Waals surface area contributed by atoms with Gasteiger partial charge >= 0.3 is 6.09 Å². The quantitative estimate of drug-likeness (QED) is 0.623. The zero-order valence-corrected chi connectivity index (χ0v) is 18.7. The molecule has 2 N–H and O–H groups in total. The number of carbonyl (C=O) groups is 1. The second kappa shape index (κ2) is 10.3. The summed E-state index contributed by atoms with van der Waals surface area (Å²) < 4.78 is 38.3. The third-order valence-electron chi connectivity index (χ3n) is 4.13. The molecule has 0 aromatic heterocycles. The zero-order chi connectivity index (χ0) is 22.2. The van der Waals surface area contributed by atoms with Gasteiger partial charge in [0, 0.05) is 11.7 Å². The Morgan fingerprint density at radius 3 is 2.23 bits per heavy atom. The molecule has 0 bridgehead atoms. The maximum atomic E-state index is 12.7. The van der Waals surface area contributed by atoms with Gasteiger partial charge in [-0.2, -0.15) is 0 Å². The summed E-state index contributed by atoms with van der Waals surface area (Å²) in [4.78, 5) is 12.2. The number of hydrogen-bond donors (Lipinski definition) is 2. The van der Waals surface area contributed by atoms with Crippen LogP contribution in [0.4, 0.5) is 10.5 Å². The largest absolute Gasteiger partial charge is 0.497 e. The molecule has 0 radical (unpaired) electrons. The van der Waals surface area contributed by atoms with E-state index in [2.05, 4.69) is 10.0 Å². The smallest absolute Gasteiger partial charge is 0.407 e. The SMILES string of the molecule is COc1ccc(NS(=O)(=O)CC(CCc2ccccc2)NC(=O)OC(C)(C)C)cc1. The van der Waals surface area contributed by atoms with Crippen LogP contribution in [0.5, 0.6) is 5.75 Å². The van der Waals surface area contributed by atoms with Crippen molar-refractivity contribution in [3.05, 3.63) is 60.2 Å². The molecule has 0 aliphatic heterocycles. The zero-order valence-electron chi connectivity index (χ0n) is 17.8. The van der Waals surface area contributed by atoms with E-state index in [0.717, 1.165) is 5.56 Å². The van der Waals surface area contributed by atoms with Gasteiger partial charge in [0.05, 0.1) is 12.9 Å². The topological polar surface area (TPSA) is 93.7 Å². The van der Waals surface area contributed by atoms with Crippen LogP contribution in [0.1, 0.15) is 32.8 Å². The lowest BCUT2D eigenvalue weighted by molar-refractivity contribution is 0.0507. The number of benzene rings is 2. The first-order valence-electron chi connectivity index (χ1n) is 9.74. The van der Waals surface area contributed by atoms with E-state index in [9.17, 15) is 13.2 Å². The van der Waals surface area contributed by atoms with Gasteiger partial charge in [0.15, 0.2) is 0 Å². The normalized spacial score (nSPS) is 12.7. The van der Waals surface area contributed by atoms with Crippen molar-refractivity contribution in [3.63, 3.8) is 0 Å². The number of anilines is 1. The van der Waals surface area contributed by atoms with E-state index in [0.29, 0.717) is 24.3 Å². The number of ether oxygens (including phenoxy) is 2. The highest BCUT2D eigenvalue weighted by Crippen LogP contribution is 2.17. The molecule has 0 saturated heterocycles. The highest BCUT2D eigenvalue weighted by molar-refractivity contribution is 7.92. The lowest BCUT2D eigenvalue weighted by Gasteiger charge is -2.24. The van der Waals surface area contributed by atoms with Crippen molar-refractivity contribution in [2.24, 2.45) is 0 Å². The summed E-state index contributed by atoms with van der Waals surface area (Å²) in [7, 11) is -2.17. The first-order valence-corrected chi connectivity index (χ1v) is 11.4. The average Bonchev–Trinajstić information content (AvgIpc) is 2.65. The van der Waals surface area contributed by atoms with E-state index in [-0.39, 0.29) is 5.75 Å². The van der Waals surface area contributed by atoms with Crippen LogP contribution in [0, 0.1) is 0 Å². The van der Waals surface area contributed by atoms with Gasteiger partial charge in [-0.25, -0.2) is 13.2 Å². The number of methoxy groups -OCH3 is 1. The number of hydrogen-bond acceptors (Lipinski definition) is 5. The Labute approximate surface area is 178 Å². The van der Waals surface area contributed by atoms with Crippen molar-refractivity contribution in [1.29, 1.82) is 0 Å². The molecule has 2 rings (SSSR count). The summed E-state index contributed by atoms with van der Waals surface area (Å²) in [5, 5.41) is 2.70. The van der Waals surface area contributed by atoms with Crippen molar-refractivity contribution in [2.45, 2.75) is 45.3 Å². The molecule has 0 aliphatic rings. The number of amides is 1. The minimum absolute atomic E-state index is 0.273. The molecule has 0 heterocycles. The Kier molecular flexibility index (Phi) is 8.11. The van der Waals surface area contributed by atoms with Crippen molar-refractivity contribution < 1.29 is 22.7 Å². The second-order valence-electron chi connectivity index (χ2n) is 7.98. The Balaban J connectivity index is 2.07. The van der Waals surface area contributed by atoms with Crippen LogP contribution in [-0.4, -0.2) is 39.0 Å². The fourth-order valence-electron chi connectivity index (χ4n) is 2.80. The van der Waals surface area contributed by atoms with Gasteiger partial charge in [0.25, 0.3) is 0 Å². The maximum Gasteiger partial charge on any atom is 0.407 e. The summed E-state index contributed by atoms with van der Waals surface area (Å²) in [5.41, 5.74) is 0.817. The van der Waals surface area contributed by atoms with E-state index in [1.807, 2.05) is 30.3 Å². The van der Waals surface area contributed by atoms with Crippen LogP contribution < -0.4 is 14.8 Å². The van der Waals surface area contributed by atoms with E-state index in [1.54, 1.807) is 52.1 Å². The van der Waals surface area contributed by atoms with Crippen molar-refractivity contribution >= 4 is 21.8 Å². The molecular formula is C22H30N2O5S. The summed E-state index contributed by atoms with van der Waals surface area (Å²) in [6.07, 6.45) is 0.437. The Morgan fingerprint density at radius 1 is 1.03 bits per heavy atom. The summed E-state index contributed by atoms with van der Waals surface area (Å²) in [5.74, 6) is 0.357. The third kappa shape index (κ3) is 8.73. The monoisotopic (exact) mass is 434 g/mol. The van der Waals surface area contributed by atoms with E-state index in [1.165, 1.54) is 0 Å². The predicted molar refractivity (Wildman–Crippen MR) is 118 cm³/mol. The van der Waals surface area contributed by atoms with Crippen LogP contribution in [0.2, 0.25) is 0 Å². The molecule has 0 saturated carbocycles. The molecule has 7 nitrogen and oxygen atoms in total. The van der Waals surface area contributed by atoms with Gasteiger partial charge in [-0.1, -0.05) is 30.3 Å². The molecule has 8 heteroatoms. The van der Waals surface area contributed by atoms with Crippen LogP contribution >= 0.6 is 0 Å². The van der Waals surface area contributed by atoms with Gasteiger partial charge < -0.3 is 14.8 Å². The fraction of sp³-hybridized carbons (Fsp3) is 0.409. The molecule has 0 fully saturated rings.